The molecule has 3 aromatic rings. The number of carbonyl (C=O) groups is 4. The van der Waals surface area contributed by atoms with Gasteiger partial charge in [-0.3, -0.25) is 19.3 Å². The molecule has 2 aliphatic heterocycles. The van der Waals surface area contributed by atoms with Gasteiger partial charge >= 0.3 is 0 Å². The van der Waals surface area contributed by atoms with Gasteiger partial charge in [-0.25, -0.2) is 0 Å². The number of fused-ring (bicyclic) bond motifs is 2. The molecule has 200 valence electrons. The van der Waals surface area contributed by atoms with E-state index >= 15 is 0 Å². The molecule has 0 saturated carbocycles. The standard InChI is InChI=1S/C27H24N4O5S3/c28-21(32)12-30-10-8-18(9-11-30)37-13-17-14-39-26-23(25(34)31(26)24(17)27(35)36)29-22(33)15-38-20-7-3-5-16-4-1-2-6-19(16)20/h1-11,23,26H,12-15H2,(H3-,28,29,32,33,35,36)/t23-,26-/m1/s1. The van der Waals surface area contributed by atoms with Gasteiger partial charge in [-0.15, -0.1) is 35.3 Å². The second-order valence-corrected chi connectivity index (χ2v) is 12.1. The molecule has 3 heterocycles. The third-order valence-corrected chi connectivity index (χ3v) is 9.79. The van der Waals surface area contributed by atoms with Crippen LogP contribution in [0.3, 0.4) is 0 Å². The molecule has 1 aromatic heterocycles. The lowest BCUT2D eigenvalue weighted by molar-refractivity contribution is -0.684. The molecule has 5 rings (SSSR count). The topological polar surface area (TPSA) is 137 Å². The monoisotopic (exact) mass is 580 g/mol. The van der Waals surface area contributed by atoms with Crippen molar-refractivity contribution >= 4 is 69.7 Å². The van der Waals surface area contributed by atoms with Crippen molar-refractivity contribution < 1.29 is 28.9 Å². The Balaban J connectivity index is 1.20. The minimum absolute atomic E-state index is 0.0690. The Morgan fingerprint density at radius 2 is 1.82 bits per heavy atom. The van der Waals surface area contributed by atoms with Gasteiger partial charge in [0.1, 0.15) is 11.4 Å². The zero-order valence-electron chi connectivity index (χ0n) is 20.6. The summed E-state index contributed by atoms with van der Waals surface area (Å²) in [5, 5.41) is 16.5. The van der Waals surface area contributed by atoms with Crippen LogP contribution in [-0.4, -0.2) is 57.3 Å². The van der Waals surface area contributed by atoms with Crippen molar-refractivity contribution in [3.8, 4) is 0 Å². The fourth-order valence-electron chi connectivity index (χ4n) is 4.46. The van der Waals surface area contributed by atoms with Crippen LogP contribution in [0.4, 0.5) is 0 Å². The molecule has 0 aliphatic carbocycles. The van der Waals surface area contributed by atoms with E-state index in [9.17, 15) is 24.3 Å². The number of β-lactam (4-membered cyclic amide) rings is 1. The van der Waals surface area contributed by atoms with Crippen molar-refractivity contribution in [2.24, 2.45) is 5.73 Å². The number of nitrogens with one attached hydrogen (secondary N) is 1. The molecular weight excluding hydrogens is 557 g/mol. The highest BCUT2D eigenvalue weighted by Crippen LogP contribution is 2.41. The number of nitrogens with two attached hydrogens (primary N) is 1. The predicted molar refractivity (Wildman–Crippen MR) is 148 cm³/mol. The van der Waals surface area contributed by atoms with E-state index in [0.717, 1.165) is 20.6 Å². The molecule has 0 radical (unpaired) electrons. The summed E-state index contributed by atoms with van der Waals surface area (Å²) >= 11 is 4.24. The number of carbonyl (C=O) groups excluding carboxylic acids is 4. The van der Waals surface area contributed by atoms with Gasteiger partial charge in [-0.2, -0.15) is 4.57 Å². The van der Waals surface area contributed by atoms with Crippen LogP contribution < -0.4 is 20.7 Å². The quantitative estimate of drug-likeness (QED) is 0.205. The number of primary amides is 1. The van der Waals surface area contributed by atoms with Gasteiger partial charge in [0.15, 0.2) is 12.4 Å². The largest absolute Gasteiger partial charge is 0.543 e. The summed E-state index contributed by atoms with van der Waals surface area (Å²) in [4.78, 5) is 51.8. The number of hydrogen-bond acceptors (Lipinski definition) is 8. The number of hydrogen-bond donors (Lipinski definition) is 2. The van der Waals surface area contributed by atoms with Crippen molar-refractivity contribution in [2.75, 3.05) is 17.3 Å². The summed E-state index contributed by atoms with van der Waals surface area (Å²) in [6.45, 7) is 0.0690. The van der Waals surface area contributed by atoms with Gasteiger partial charge in [0, 0.05) is 33.4 Å². The fourth-order valence-corrected chi connectivity index (χ4v) is 7.71. The van der Waals surface area contributed by atoms with E-state index < -0.39 is 29.2 Å². The van der Waals surface area contributed by atoms with Crippen molar-refractivity contribution in [3.63, 3.8) is 0 Å². The Bertz CT molecular complexity index is 1490. The van der Waals surface area contributed by atoms with Crippen molar-refractivity contribution in [2.45, 2.75) is 27.8 Å². The summed E-state index contributed by atoms with van der Waals surface area (Å²) in [5.41, 5.74) is 5.67. The lowest BCUT2D eigenvalue weighted by atomic mass is 10.0. The van der Waals surface area contributed by atoms with Gasteiger partial charge in [-0.05, 0) is 22.4 Å². The maximum Gasteiger partial charge on any atom is 0.283 e. The highest BCUT2D eigenvalue weighted by Gasteiger charge is 2.52. The first-order valence-corrected chi connectivity index (χ1v) is 15.0. The van der Waals surface area contributed by atoms with Crippen LogP contribution >= 0.6 is 35.3 Å². The van der Waals surface area contributed by atoms with Gasteiger partial charge in [0.05, 0.1) is 17.4 Å². The Kier molecular flexibility index (Phi) is 8.15. The molecule has 0 spiro atoms. The third-order valence-electron chi connectivity index (χ3n) is 6.28. The normalized spacial score (nSPS) is 18.5. The molecule has 1 fully saturated rings. The molecule has 2 atom stereocenters. The highest BCUT2D eigenvalue weighted by molar-refractivity contribution is 8.01. The minimum atomic E-state index is -1.41. The van der Waals surface area contributed by atoms with Gasteiger partial charge in [-0.1, -0.05) is 36.4 Å². The van der Waals surface area contributed by atoms with E-state index in [4.69, 9.17) is 5.73 Å². The van der Waals surface area contributed by atoms with Crippen LogP contribution in [0.5, 0.6) is 0 Å². The van der Waals surface area contributed by atoms with E-state index in [-0.39, 0.29) is 23.9 Å². The van der Waals surface area contributed by atoms with Crippen molar-refractivity contribution in [1.29, 1.82) is 0 Å². The molecule has 0 unspecified atom stereocenters. The van der Waals surface area contributed by atoms with Crippen LogP contribution in [0.2, 0.25) is 0 Å². The zero-order valence-corrected chi connectivity index (χ0v) is 23.0. The maximum absolute atomic E-state index is 13.0. The van der Waals surface area contributed by atoms with E-state index in [0.29, 0.717) is 17.1 Å². The lowest BCUT2D eigenvalue weighted by Gasteiger charge is -2.50. The molecule has 3 amide bonds. The predicted octanol–water partition coefficient (Wildman–Crippen LogP) is 0.901. The van der Waals surface area contributed by atoms with Crippen molar-refractivity contribution in [1.82, 2.24) is 10.2 Å². The number of pyridine rings is 1. The van der Waals surface area contributed by atoms with Crippen LogP contribution in [-0.2, 0) is 25.7 Å². The summed E-state index contributed by atoms with van der Waals surface area (Å²) in [7, 11) is 0. The molecule has 39 heavy (non-hydrogen) atoms. The lowest BCUT2D eigenvalue weighted by Crippen LogP contribution is -2.71. The number of carboxylic acid groups (broad SMARTS) is 1. The smallest absolute Gasteiger partial charge is 0.283 e. The minimum Gasteiger partial charge on any atom is -0.543 e. The number of carboxylic acids is 1. The average molecular weight is 581 g/mol. The number of rotatable bonds is 10. The van der Waals surface area contributed by atoms with E-state index in [2.05, 4.69) is 5.32 Å². The van der Waals surface area contributed by atoms with Gasteiger partial charge in [0.2, 0.25) is 12.5 Å². The van der Waals surface area contributed by atoms with Crippen LogP contribution in [0.15, 0.2) is 88.1 Å². The second kappa shape index (κ2) is 11.7. The SMILES string of the molecule is NC(=O)C[n+]1ccc(SCC2=C(C(=O)[O-])N3C(=O)[C@@H](NC(=O)CSc4cccc5ccccc45)[C@H]3SC2)cc1. The first-order chi connectivity index (χ1) is 18.8. The van der Waals surface area contributed by atoms with Crippen LogP contribution in [0, 0.1) is 0 Å². The molecular formula is C27H24N4O5S3. The maximum atomic E-state index is 13.0. The van der Waals surface area contributed by atoms with Crippen molar-refractivity contribution in [3.05, 3.63) is 78.3 Å². The number of aromatic nitrogens is 1. The number of nitrogens with zero attached hydrogens (tertiary/aromatic N) is 2. The Labute approximate surface area is 237 Å². The molecule has 2 aliphatic rings. The van der Waals surface area contributed by atoms with Gasteiger partial charge in [0.25, 0.3) is 11.8 Å². The Morgan fingerprint density at radius 3 is 2.56 bits per heavy atom. The summed E-state index contributed by atoms with van der Waals surface area (Å²) in [6, 6.07) is 16.7. The van der Waals surface area contributed by atoms with E-state index in [1.54, 1.807) is 17.0 Å². The second-order valence-electron chi connectivity index (χ2n) is 8.92. The summed E-state index contributed by atoms with van der Waals surface area (Å²) in [6.07, 6.45) is 3.44. The molecule has 1 saturated heterocycles. The first kappa shape index (κ1) is 27.1. The number of thioether (sulfide) groups is 3. The molecule has 12 heteroatoms. The Hall–Kier alpha value is -3.48. The number of amides is 3. The van der Waals surface area contributed by atoms with Gasteiger partial charge < -0.3 is 21.0 Å². The Morgan fingerprint density at radius 1 is 1.08 bits per heavy atom. The average Bonchev–Trinajstić information content (AvgIpc) is 2.93. The molecule has 9 nitrogen and oxygen atoms in total. The molecule has 3 N–H and O–H groups in total. The van der Waals surface area contributed by atoms with E-state index in [1.807, 2.05) is 54.6 Å². The van der Waals surface area contributed by atoms with E-state index in [1.165, 1.54) is 40.2 Å². The zero-order chi connectivity index (χ0) is 27.5. The van der Waals surface area contributed by atoms with Crippen LogP contribution in [0.1, 0.15) is 0 Å². The third kappa shape index (κ3) is 5.92. The fraction of sp³-hybridized carbons (Fsp3) is 0.222. The van der Waals surface area contributed by atoms with Crippen LogP contribution in [0.25, 0.3) is 10.8 Å². The highest BCUT2D eigenvalue weighted by atomic mass is 32.2. The summed E-state index contributed by atoms with van der Waals surface area (Å²) in [5.74, 6) is -1.71. The molecule has 0 bridgehead atoms. The molecule has 2 aromatic carbocycles. The summed E-state index contributed by atoms with van der Waals surface area (Å²) < 4.78 is 1.65. The first-order valence-electron chi connectivity index (χ1n) is 12.0. The number of benzene rings is 2. The number of aliphatic carboxylic acids is 1.